The van der Waals surface area contributed by atoms with Crippen LogP contribution in [0.25, 0.3) is 0 Å². The summed E-state index contributed by atoms with van der Waals surface area (Å²) in [7, 11) is 0. The van der Waals surface area contributed by atoms with Crippen LogP contribution in [0.2, 0.25) is 0 Å². The van der Waals surface area contributed by atoms with Crippen LogP contribution < -0.4 is 5.32 Å². The third-order valence-corrected chi connectivity index (χ3v) is 4.90. The smallest absolute Gasteiger partial charge is 0.236 e. The predicted octanol–water partition coefficient (Wildman–Crippen LogP) is -1.17. The summed E-state index contributed by atoms with van der Waals surface area (Å²) in [4.78, 5) is 29.6. The van der Waals surface area contributed by atoms with Crippen LogP contribution in [0.3, 0.4) is 0 Å². The molecule has 0 aromatic carbocycles. The van der Waals surface area contributed by atoms with Crippen molar-refractivity contribution in [3.05, 3.63) is 0 Å². The monoisotopic (exact) mass is 280 g/mol. The number of carbonyl (C=O) groups excluding carboxylic acids is 2. The maximum absolute atomic E-state index is 12.3. The van der Waals surface area contributed by atoms with E-state index in [9.17, 15) is 9.59 Å². The Hall–Kier alpha value is -1.14. The second-order valence-corrected chi connectivity index (χ2v) is 6.26. The highest BCUT2D eigenvalue weighted by Crippen LogP contribution is 2.26. The van der Waals surface area contributed by atoms with Gasteiger partial charge in [-0.2, -0.15) is 0 Å². The van der Waals surface area contributed by atoms with E-state index in [0.29, 0.717) is 32.7 Å². The Balaban J connectivity index is 1.45. The summed E-state index contributed by atoms with van der Waals surface area (Å²) in [6, 6.07) is 0. The molecule has 2 amide bonds. The summed E-state index contributed by atoms with van der Waals surface area (Å²) >= 11 is 0. The number of hydrogen-bond acceptors (Lipinski definition) is 4. The van der Waals surface area contributed by atoms with Gasteiger partial charge in [0.25, 0.3) is 0 Å². The lowest BCUT2D eigenvalue weighted by molar-refractivity contribution is -0.139. The Morgan fingerprint density at radius 3 is 2.10 bits per heavy atom. The molecule has 6 heteroatoms. The molecule has 3 aliphatic rings. The van der Waals surface area contributed by atoms with Crippen molar-refractivity contribution in [3.63, 3.8) is 0 Å². The molecule has 6 nitrogen and oxygen atoms in total. The largest absolute Gasteiger partial charge is 0.339 e. The molecule has 0 bridgehead atoms. The first-order valence-electron chi connectivity index (χ1n) is 7.60. The van der Waals surface area contributed by atoms with Gasteiger partial charge < -0.3 is 15.1 Å². The maximum atomic E-state index is 12.3. The molecule has 3 saturated heterocycles. The molecule has 0 spiro atoms. The van der Waals surface area contributed by atoms with Crippen molar-refractivity contribution >= 4 is 11.8 Å². The van der Waals surface area contributed by atoms with Gasteiger partial charge in [0, 0.05) is 46.2 Å². The van der Waals surface area contributed by atoms with Crippen LogP contribution in [0.1, 0.15) is 6.92 Å². The fraction of sp³-hybridized carbons (Fsp3) is 0.857. The van der Waals surface area contributed by atoms with Crippen LogP contribution in [0.5, 0.6) is 0 Å². The molecule has 0 aromatic rings. The van der Waals surface area contributed by atoms with Crippen molar-refractivity contribution in [2.24, 2.45) is 11.8 Å². The Labute approximate surface area is 120 Å². The van der Waals surface area contributed by atoms with Gasteiger partial charge in [0.05, 0.1) is 6.54 Å². The topological polar surface area (TPSA) is 55.9 Å². The second kappa shape index (κ2) is 5.69. The number of nitrogens with zero attached hydrogens (tertiary/aromatic N) is 3. The molecule has 0 aromatic heterocycles. The Kier molecular flexibility index (Phi) is 3.94. The van der Waals surface area contributed by atoms with E-state index in [1.165, 1.54) is 0 Å². The zero-order valence-corrected chi connectivity index (χ0v) is 12.2. The van der Waals surface area contributed by atoms with Gasteiger partial charge in [0.15, 0.2) is 0 Å². The molecule has 3 fully saturated rings. The fourth-order valence-electron chi connectivity index (χ4n) is 3.64. The lowest BCUT2D eigenvalue weighted by atomic mass is 10.0. The molecule has 112 valence electrons. The van der Waals surface area contributed by atoms with Crippen molar-refractivity contribution in [2.75, 3.05) is 58.9 Å². The van der Waals surface area contributed by atoms with Crippen LogP contribution in [-0.2, 0) is 9.59 Å². The fourth-order valence-corrected chi connectivity index (χ4v) is 3.64. The average molecular weight is 280 g/mol. The summed E-state index contributed by atoms with van der Waals surface area (Å²) < 4.78 is 0. The Bertz CT molecular complexity index is 381. The average Bonchev–Trinajstić information content (AvgIpc) is 2.99. The summed E-state index contributed by atoms with van der Waals surface area (Å²) in [5, 5.41) is 3.42. The van der Waals surface area contributed by atoms with E-state index in [2.05, 4.69) is 10.2 Å². The number of rotatable bonds is 2. The molecule has 0 aliphatic carbocycles. The van der Waals surface area contributed by atoms with Gasteiger partial charge in [-0.25, -0.2) is 0 Å². The summed E-state index contributed by atoms with van der Waals surface area (Å²) in [5.41, 5.74) is 0. The maximum Gasteiger partial charge on any atom is 0.236 e. The summed E-state index contributed by atoms with van der Waals surface area (Å²) in [5.74, 6) is 1.80. The Morgan fingerprint density at radius 2 is 1.55 bits per heavy atom. The number of hydrogen-bond donors (Lipinski definition) is 1. The van der Waals surface area contributed by atoms with Gasteiger partial charge >= 0.3 is 0 Å². The van der Waals surface area contributed by atoms with Crippen LogP contribution in [-0.4, -0.2) is 85.4 Å². The molecular formula is C14H24N4O2. The first kappa shape index (κ1) is 13.8. The molecular weight excluding hydrogens is 256 g/mol. The van der Waals surface area contributed by atoms with E-state index in [1.807, 2.05) is 9.80 Å². The van der Waals surface area contributed by atoms with E-state index in [1.54, 1.807) is 6.92 Å². The van der Waals surface area contributed by atoms with Crippen molar-refractivity contribution in [1.29, 1.82) is 0 Å². The van der Waals surface area contributed by atoms with Crippen LogP contribution >= 0.6 is 0 Å². The third-order valence-electron chi connectivity index (χ3n) is 4.90. The number of carbonyl (C=O) groups is 2. The van der Waals surface area contributed by atoms with Gasteiger partial charge in [-0.3, -0.25) is 14.5 Å². The second-order valence-electron chi connectivity index (χ2n) is 6.26. The molecule has 2 unspecified atom stereocenters. The Morgan fingerprint density at radius 1 is 1.00 bits per heavy atom. The van der Waals surface area contributed by atoms with E-state index in [4.69, 9.17) is 0 Å². The third kappa shape index (κ3) is 2.81. The number of nitrogens with one attached hydrogen (secondary N) is 1. The lowest BCUT2D eigenvalue weighted by Crippen LogP contribution is -2.52. The predicted molar refractivity (Wildman–Crippen MR) is 75.1 cm³/mol. The van der Waals surface area contributed by atoms with Crippen molar-refractivity contribution in [1.82, 2.24) is 20.0 Å². The van der Waals surface area contributed by atoms with E-state index < -0.39 is 0 Å². The number of amides is 2. The van der Waals surface area contributed by atoms with Gasteiger partial charge in [-0.1, -0.05) is 0 Å². The summed E-state index contributed by atoms with van der Waals surface area (Å²) in [6.45, 7) is 9.17. The minimum Gasteiger partial charge on any atom is -0.339 e. The van der Waals surface area contributed by atoms with Gasteiger partial charge in [-0.15, -0.1) is 0 Å². The zero-order chi connectivity index (χ0) is 14.1. The lowest BCUT2D eigenvalue weighted by Gasteiger charge is -2.35. The highest BCUT2D eigenvalue weighted by molar-refractivity contribution is 5.79. The van der Waals surface area contributed by atoms with Crippen LogP contribution in [0.15, 0.2) is 0 Å². The van der Waals surface area contributed by atoms with Crippen LogP contribution in [0, 0.1) is 11.8 Å². The number of fused-ring (bicyclic) bond motifs is 1. The molecule has 3 rings (SSSR count). The molecule has 20 heavy (non-hydrogen) atoms. The molecule has 0 radical (unpaired) electrons. The first-order chi connectivity index (χ1) is 9.63. The normalized spacial score (nSPS) is 30.6. The molecule has 1 N–H and O–H groups in total. The minimum absolute atomic E-state index is 0.108. The molecule has 3 aliphatic heterocycles. The zero-order valence-electron chi connectivity index (χ0n) is 12.2. The minimum atomic E-state index is 0.108. The molecule has 0 saturated carbocycles. The van der Waals surface area contributed by atoms with E-state index in [0.717, 1.165) is 38.0 Å². The van der Waals surface area contributed by atoms with Gasteiger partial charge in [0.2, 0.25) is 11.8 Å². The standard InChI is InChI=1S/C14H24N4O2/c1-11(19)17-2-4-18(5-3-17)14(20)10-16-8-12-6-15-7-13(12)9-16/h12-13,15H,2-10H2,1H3. The van der Waals surface area contributed by atoms with Crippen molar-refractivity contribution < 1.29 is 9.59 Å². The highest BCUT2D eigenvalue weighted by atomic mass is 16.2. The number of likely N-dealkylation sites (tertiary alicyclic amines) is 1. The molecule has 3 heterocycles. The highest BCUT2D eigenvalue weighted by Gasteiger charge is 2.37. The van der Waals surface area contributed by atoms with Gasteiger partial charge in [-0.05, 0) is 24.9 Å². The van der Waals surface area contributed by atoms with E-state index in [-0.39, 0.29) is 11.8 Å². The van der Waals surface area contributed by atoms with E-state index >= 15 is 0 Å². The van der Waals surface area contributed by atoms with Crippen molar-refractivity contribution in [2.45, 2.75) is 6.92 Å². The summed E-state index contributed by atoms with van der Waals surface area (Å²) in [6.07, 6.45) is 0. The quantitative estimate of drug-likeness (QED) is 0.692. The molecule has 2 atom stereocenters. The van der Waals surface area contributed by atoms with Crippen LogP contribution in [0.4, 0.5) is 0 Å². The van der Waals surface area contributed by atoms with Gasteiger partial charge in [0.1, 0.15) is 0 Å². The van der Waals surface area contributed by atoms with Crippen molar-refractivity contribution in [3.8, 4) is 0 Å². The first-order valence-corrected chi connectivity index (χ1v) is 7.60. The SMILES string of the molecule is CC(=O)N1CCN(C(=O)CN2CC3CNCC3C2)CC1. The number of piperazine rings is 1.